The quantitative estimate of drug-likeness (QED) is 0.874. The van der Waals surface area contributed by atoms with Crippen molar-refractivity contribution in [3.63, 3.8) is 0 Å². The predicted octanol–water partition coefficient (Wildman–Crippen LogP) is 2.74. The Morgan fingerprint density at radius 1 is 1.11 bits per heavy atom. The summed E-state index contributed by atoms with van der Waals surface area (Å²) >= 11 is 0. The van der Waals surface area contributed by atoms with Gasteiger partial charge in [0.25, 0.3) is 0 Å². The van der Waals surface area contributed by atoms with E-state index in [1.54, 1.807) is 18.2 Å². The van der Waals surface area contributed by atoms with E-state index in [1.165, 1.54) is 0 Å². The average molecular weight is 248 g/mol. The molecule has 1 aliphatic carbocycles. The van der Waals surface area contributed by atoms with Gasteiger partial charge in [-0.05, 0) is 18.9 Å². The van der Waals surface area contributed by atoms with Crippen molar-refractivity contribution < 1.29 is 19.4 Å². The molecular formula is C14H16O4. The molecule has 18 heavy (non-hydrogen) atoms. The zero-order valence-corrected chi connectivity index (χ0v) is 10.0. The summed E-state index contributed by atoms with van der Waals surface area (Å²) in [7, 11) is 0. The largest absolute Gasteiger partial charge is 0.478 e. The molecule has 1 aromatic rings. The van der Waals surface area contributed by atoms with Crippen LogP contribution < -0.4 is 0 Å². The number of carboxylic acid groups (broad SMARTS) is 1. The van der Waals surface area contributed by atoms with Gasteiger partial charge >= 0.3 is 5.97 Å². The van der Waals surface area contributed by atoms with Crippen LogP contribution in [0.5, 0.6) is 0 Å². The first-order valence-corrected chi connectivity index (χ1v) is 6.39. The van der Waals surface area contributed by atoms with E-state index < -0.39 is 12.3 Å². The van der Waals surface area contributed by atoms with Crippen LogP contribution in [0.4, 0.5) is 0 Å². The van der Waals surface area contributed by atoms with E-state index in [-0.39, 0.29) is 17.8 Å². The highest BCUT2D eigenvalue weighted by Crippen LogP contribution is 2.39. The van der Waals surface area contributed by atoms with Crippen LogP contribution in [0.15, 0.2) is 24.3 Å². The molecule has 1 heterocycles. The second-order valence-electron chi connectivity index (χ2n) is 4.86. The normalized spacial score (nSPS) is 28.0. The SMILES string of the molecule is O=C(O)c1ccccc1C1O[C@H]2CCCC[C@@H]2O1. The highest BCUT2D eigenvalue weighted by molar-refractivity contribution is 5.89. The lowest BCUT2D eigenvalue weighted by atomic mass is 9.95. The first-order chi connectivity index (χ1) is 8.75. The zero-order chi connectivity index (χ0) is 12.5. The monoisotopic (exact) mass is 248 g/mol. The van der Waals surface area contributed by atoms with Gasteiger partial charge in [-0.25, -0.2) is 4.79 Å². The summed E-state index contributed by atoms with van der Waals surface area (Å²) in [6, 6.07) is 6.89. The van der Waals surface area contributed by atoms with E-state index in [0.717, 1.165) is 25.7 Å². The molecular weight excluding hydrogens is 232 g/mol. The van der Waals surface area contributed by atoms with Crippen molar-refractivity contribution in [1.29, 1.82) is 0 Å². The maximum absolute atomic E-state index is 11.2. The minimum Gasteiger partial charge on any atom is -0.478 e. The van der Waals surface area contributed by atoms with E-state index >= 15 is 0 Å². The molecule has 1 N–H and O–H groups in total. The molecule has 0 amide bonds. The van der Waals surface area contributed by atoms with Crippen molar-refractivity contribution in [1.82, 2.24) is 0 Å². The van der Waals surface area contributed by atoms with E-state index in [1.807, 2.05) is 6.07 Å². The number of fused-ring (bicyclic) bond motifs is 1. The van der Waals surface area contributed by atoms with Crippen molar-refractivity contribution >= 4 is 5.97 Å². The molecule has 0 radical (unpaired) electrons. The van der Waals surface area contributed by atoms with Crippen LogP contribution in [0.3, 0.4) is 0 Å². The molecule has 2 aliphatic rings. The van der Waals surface area contributed by atoms with Crippen LogP contribution in [-0.2, 0) is 9.47 Å². The number of hydrogen-bond acceptors (Lipinski definition) is 3. The van der Waals surface area contributed by atoms with Gasteiger partial charge in [0.1, 0.15) is 0 Å². The Bertz CT molecular complexity index is 443. The summed E-state index contributed by atoms with van der Waals surface area (Å²) in [5.74, 6) is -0.937. The van der Waals surface area contributed by atoms with Gasteiger partial charge in [0.15, 0.2) is 6.29 Å². The Morgan fingerprint density at radius 3 is 2.33 bits per heavy atom. The summed E-state index contributed by atoms with van der Waals surface area (Å²) < 4.78 is 11.7. The molecule has 0 bridgehead atoms. The van der Waals surface area contributed by atoms with Gasteiger partial charge < -0.3 is 14.6 Å². The fraction of sp³-hybridized carbons (Fsp3) is 0.500. The summed E-state index contributed by atoms with van der Waals surface area (Å²) in [4.78, 5) is 11.2. The second-order valence-corrected chi connectivity index (χ2v) is 4.86. The highest BCUT2D eigenvalue weighted by Gasteiger charge is 2.39. The molecule has 96 valence electrons. The molecule has 2 atom stereocenters. The van der Waals surface area contributed by atoms with Gasteiger partial charge in [0.2, 0.25) is 0 Å². The molecule has 0 aromatic heterocycles. The fourth-order valence-electron chi connectivity index (χ4n) is 2.77. The molecule has 1 saturated heterocycles. The molecule has 3 rings (SSSR count). The standard InChI is InChI=1S/C14H16O4/c15-13(16)9-5-1-2-6-10(9)14-17-11-7-3-4-8-12(11)18-14/h1-2,5-6,11-12,14H,3-4,7-8H2,(H,15,16)/t11-,12-/m0/s1. The molecule has 0 unspecified atom stereocenters. The van der Waals surface area contributed by atoms with Crippen LogP contribution >= 0.6 is 0 Å². The first kappa shape index (κ1) is 11.7. The molecule has 1 saturated carbocycles. The molecule has 1 aromatic carbocycles. The number of carboxylic acids is 1. The first-order valence-electron chi connectivity index (χ1n) is 6.39. The van der Waals surface area contributed by atoms with Gasteiger partial charge in [-0.15, -0.1) is 0 Å². The second kappa shape index (κ2) is 4.71. The van der Waals surface area contributed by atoms with Gasteiger partial charge in [-0.1, -0.05) is 31.0 Å². The van der Waals surface area contributed by atoms with Crippen LogP contribution in [0.2, 0.25) is 0 Å². The van der Waals surface area contributed by atoms with Crippen LogP contribution in [0.1, 0.15) is 47.9 Å². The number of carbonyl (C=O) groups is 1. The number of rotatable bonds is 2. The zero-order valence-electron chi connectivity index (χ0n) is 10.0. The van der Waals surface area contributed by atoms with Gasteiger partial charge in [0, 0.05) is 5.56 Å². The minimum absolute atomic E-state index is 0.130. The Kier molecular flexibility index (Phi) is 3.06. The van der Waals surface area contributed by atoms with Gasteiger partial charge in [-0.2, -0.15) is 0 Å². The average Bonchev–Trinajstić information content (AvgIpc) is 2.82. The highest BCUT2D eigenvalue weighted by atomic mass is 16.7. The summed E-state index contributed by atoms with van der Waals surface area (Å²) in [5.41, 5.74) is 0.889. The maximum atomic E-state index is 11.2. The van der Waals surface area contributed by atoms with E-state index in [9.17, 15) is 9.90 Å². The molecule has 4 heteroatoms. The molecule has 1 aliphatic heterocycles. The Morgan fingerprint density at radius 2 is 1.72 bits per heavy atom. The van der Waals surface area contributed by atoms with Crippen molar-refractivity contribution in [2.45, 2.75) is 44.2 Å². The lowest BCUT2D eigenvalue weighted by molar-refractivity contribution is -0.0686. The van der Waals surface area contributed by atoms with Crippen molar-refractivity contribution in [3.05, 3.63) is 35.4 Å². The third-order valence-electron chi connectivity index (χ3n) is 3.68. The van der Waals surface area contributed by atoms with E-state index in [2.05, 4.69) is 0 Å². The van der Waals surface area contributed by atoms with Crippen LogP contribution in [-0.4, -0.2) is 23.3 Å². The van der Waals surface area contributed by atoms with Crippen molar-refractivity contribution in [2.24, 2.45) is 0 Å². The molecule has 2 fully saturated rings. The Labute approximate surface area is 106 Å². The lowest BCUT2D eigenvalue weighted by Crippen LogP contribution is -2.25. The minimum atomic E-state index is -0.937. The third kappa shape index (κ3) is 2.02. The number of benzene rings is 1. The Balaban J connectivity index is 1.85. The third-order valence-corrected chi connectivity index (χ3v) is 3.68. The summed E-state index contributed by atoms with van der Waals surface area (Å²) in [5, 5.41) is 9.17. The maximum Gasteiger partial charge on any atom is 0.336 e. The van der Waals surface area contributed by atoms with Crippen LogP contribution in [0.25, 0.3) is 0 Å². The number of aromatic carboxylic acids is 1. The van der Waals surface area contributed by atoms with Gasteiger partial charge in [-0.3, -0.25) is 0 Å². The van der Waals surface area contributed by atoms with Crippen molar-refractivity contribution in [2.75, 3.05) is 0 Å². The number of ether oxygens (including phenoxy) is 2. The van der Waals surface area contributed by atoms with Crippen molar-refractivity contribution in [3.8, 4) is 0 Å². The fourth-order valence-corrected chi connectivity index (χ4v) is 2.77. The van der Waals surface area contributed by atoms with E-state index in [4.69, 9.17) is 9.47 Å². The predicted molar refractivity (Wildman–Crippen MR) is 64.4 cm³/mol. The smallest absolute Gasteiger partial charge is 0.336 e. The lowest BCUT2D eigenvalue weighted by Gasteiger charge is -2.21. The molecule has 0 spiro atoms. The summed E-state index contributed by atoms with van der Waals surface area (Å²) in [6.45, 7) is 0. The van der Waals surface area contributed by atoms with E-state index in [0.29, 0.717) is 5.56 Å². The van der Waals surface area contributed by atoms with Crippen LogP contribution in [0, 0.1) is 0 Å². The summed E-state index contributed by atoms with van der Waals surface area (Å²) in [6.07, 6.45) is 4.09. The topological polar surface area (TPSA) is 55.8 Å². The number of hydrogen-bond donors (Lipinski definition) is 1. The Hall–Kier alpha value is -1.39. The van der Waals surface area contributed by atoms with Gasteiger partial charge in [0.05, 0.1) is 17.8 Å². The molecule has 4 nitrogen and oxygen atoms in total.